The SMILES string of the molecule is CC(F)(F)C(=O)N[C@H](C(=O)N1C[C@@H]2CCC[C@@H]2[C@H]1C(=O)NN(C[C@@H]1CCNC1=O)C(=O)[C@H](F)Cl)C(C)(C)C. The van der Waals surface area contributed by atoms with E-state index in [1.165, 1.54) is 4.90 Å². The van der Waals surface area contributed by atoms with Crippen molar-refractivity contribution in [3.63, 3.8) is 0 Å². The van der Waals surface area contributed by atoms with Crippen LogP contribution in [0.5, 0.6) is 0 Å². The highest BCUT2D eigenvalue weighted by Crippen LogP contribution is 2.43. The van der Waals surface area contributed by atoms with Crippen LogP contribution < -0.4 is 16.1 Å². The van der Waals surface area contributed by atoms with Crippen LogP contribution in [0.2, 0.25) is 0 Å². The minimum Gasteiger partial charge on any atom is -0.356 e. The third-order valence-electron chi connectivity index (χ3n) is 7.49. The number of alkyl halides is 4. The monoisotopic (exact) mass is 565 g/mol. The van der Waals surface area contributed by atoms with Crippen molar-refractivity contribution in [1.82, 2.24) is 26.0 Å². The van der Waals surface area contributed by atoms with Gasteiger partial charge in [0.2, 0.25) is 11.8 Å². The number of carbonyl (C=O) groups excluding carboxylic acids is 5. The molecule has 0 spiro atoms. The number of nitrogens with zero attached hydrogens (tertiary/aromatic N) is 2. The maximum atomic E-state index is 13.8. The number of fused-ring (bicyclic) bond motifs is 1. The lowest BCUT2D eigenvalue weighted by Gasteiger charge is -2.37. The number of hydrogen-bond donors (Lipinski definition) is 3. The van der Waals surface area contributed by atoms with Gasteiger partial charge in [-0.1, -0.05) is 38.8 Å². The average Bonchev–Trinajstić information content (AvgIpc) is 3.50. The van der Waals surface area contributed by atoms with E-state index < -0.39 is 58.6 Å². The van der Waals surface area contributed by atoms with Crippen molar-refractivity contribution in [1.29, 1.82) is 0 Å². The highest BCUT2D eigenvalue weighted by atomic mass is 35.5. The summed E-state index contributed by atoms with van der Waals surface area (Å²) in [5.41, 5.74) is -1.09. The van der Waals surface area contributed by atoms with Crippen molar-refractivity contribution in [2.75, 3.05) is 19.6 Å². The van der Waals surface area contributed by atoms with Crippen LogP contribution in [0.1, 0.15) is 53.4 Å². The molecule has 1 saturated carbocycles. The van der Waals surface area contributed by atoms with E-state index in [1.54, 1.807) is 20.8 Å². The minimum atomic E-state index is -3.72. The molecule has 0 aromatic rings. The second-order valence-electron chi connectivity index (χ2n) is 11.5. The number of likely N-dealkylation sites (tertiary alicyclic amines) is 1. The molecule has 14 heteroatoms. The van der Waals surface area contributed by atoms with Gasteiger partial charge in [0.1, 0.15) is 12.1 Å². The molecule has 0 radical (unpaired) electrons. The van der Waals surface area contributed by atoms with Gasteiger partial charge < -0.3 is 15.5 Å². The van der Waals surface area contributed by atoms with E-state index >= 15 is 0 Å². The average molecular weight is 566 g/mol. The van der Waals surface area contributed by atoms with Gasteiger partial charge in [0.25, 0.3) is 23.4 Å². The van der Waals surface area contributed by atoms with Gasteiger partial charge in [-0.3, -0.25) is 29.4 Å². The molecule has 0 bridgehead atoms. The molecule has 0 aromatic carbocycles. The third kappa shape index (κ3) is 6.52. The number of hydrazine groups is 1. The molecule has 1 aliphatic carbocycles. The quantitative estimate of drug-likeness (QED) is 0.317. The first kappa shape index (κ1) is 30.0. The van der Waals surface area contributed by atoms with Crippen LogP contribution in [-0.4, -0.2) is 82.7 Å². The lowest BCUT2D eigenvalue weighted by molar-refractivity contribution is -0.153. The van der Waals surface area contributed by atoms with E-state index in [2.05, 4.69) is 16.1 Å². The van der Waals surface area contributed by atoms with Crippen molar-refractivity contribution in [2.45, 2.75) is 77.0 Å². The van der Waals surface area contributed by atoms with Gasteiger partial charge >= 0.3 is 5.92 Å². The summed E-state index contributed by atoms with van der Waals surface area (Å²) < 4.78 is 41.1. The van der Waals surface area contributed by atoms with Gasteiger partial charge in [-0.2, -0.15) is 8.78 Å². The van der Waals surface area contributed by atoms with Gasteiger partial charge in [0, 0.05) is 20.0 Å². The van der Waals surface area contributed by atoms with E-state index in [9.17, 15) is 37.1 Å². The van der Waals surface area contributed by atoms with E-state index in [0.717, 1.165) is 12.8 Å². The molecule has 0 aromatic heterocycles. The molecule has 3 fully saturated rings. The molecular formula is C24H35ClF3N5O5. The summed E-state index contributed by atoms with van der Waals surface area (Å²) in [5, 5.41) is 5.41. The molecular weight excluding hydrogens is 531 g/mol. The number of amides is 5. The Morgan fingerprint density at radius 3 is 2.34 bits per heavy atom. The predicted molar refractivity (Wildman–Crippen MR) is 130 cm³/mol. The van der Waals surface area contributed by atoms with Crippen LogP contribution in [0, 0.1) is 23.2 Å². The number of hydrogen-bond acceptors (Lipinski definition) is 5. The van der Waals surface area contributed by atoms with Crippen LogP contribution in [0.25, 0.3) is 0 Å². The molecule has 38 heavy (non-hydrogen) atoms. The number of nitrogens with one attached hydrogen (secondary N) is 3. The Hall–Kier alpha value is -2.57. The second kappa shape index (κ2) is 11.3. The largest absolute Gasteiger partial charge is 0.356 e. The van der Waals surface area contributed by atoms with Crippen LogP contribution in [0.3, 0.4) is 0 Å². The zero-order valence-corrected chi connectivity index (χ0v) is 22.6. The van der Waals surface area contributed by atoms with Crippen LogP contribution >= 0.6 is 11.6 Å². The van der Waals surface area contributed by atoms with Gasteiger partial charge in [-0.25, -0.2) is 9.40 Å². The van der Waals surface area contributed by atoms with Gasteiger partial charge in [-0.05, 0) is 36.5 Å². The third-order valence-corrected chi connectivity index (χ3v) is 7.68. The van der Waals surface area contributed by atoms with Crippen molar-refractivity contribution in [2.24, 2.45) is 23.2 Å². The first-order valence-corrected chi connectivity index (χ1v) is 13.1. The van der Waals surface area contributed by atoms with Crippen LogP contribution in [-0.2, 0) is 24.0 Å². The molecule has 3 N–H and O–H groups in total. The molecule has 10 nitrogen and oxygen atoms in total. The number of halogens is 4. The fourth-order valence-electron chi connectivity index (χ4n) is 5.49. The Bertz CT molecular complexity index is 970. The molecule has 0 unspecified atom stereocenters. The van der Waals surface area contributed by atoms with E-state index in [1.807, 2.05) is 0 Å². The van der Waals surface area contributed by atoms with E-state index in [4.69, 9.17) is 11.6 Å². The Labute approximate surface area is 224 Å². The molecule has 2 aliphatic heterocycles. The summed E-state index contributed by atoms with van der Waals surface area (Å²) in [7, 11) is 0. The maximum absolute atomic E-state index is 13.8. The lowest BCUT2D eigenvalue weighted by Crippen LogP contribution is -2.61. The highest BCUT2D eigenvalue weighted by molar-refractivity contribution is 6.29. The van der Waals surface area contributed by atoms with E-state index in [-0.39, 0.29) is 30.8 Å². The Morgan fingerprint density at radius 1 is 1.16 bits per heavy atom. The number of carbonyl (C=O) groups is 5. The summed E-state index contributed by atoms with van der Waals surface area (Å²) >= 11 is 5.36. The maximum Gasteiger partial charge on any atom is 0.321 e. The standard InChI is InChI=1S/C24H35ClF3N5O5/c1-23(2,3)16(30-22(38)24(4,27)28)20(36)32-10-12-6-5-7-14(12)15(32)19(35)31-33(21(37)17(25)26)11-13-8-9-29-18(13)34/h12-17H,5-11H2,1-4H3,(H,29,34)(H,30,38)(H,31,35)/t12-,13-,14-,15-,16+,17-/m0/s1. The molecule has 3 rings (SSSR count). The van der Waals surface area contributed by atoms with Gasteiger partial charge in [0.05, 0.1) is 12.5 Å². The zero-order valence-electron chi connectivity index (χ0n) is 21.9. The normalized spacial score (nSPS) is 26.8. The Balaban J connectivity index is 1.87. The van der Waals surface area contributed by atoms with Crippen molar-refractivity contribution in [3.05, 3.63) is 0 Å². The number of rotatable bonds is 7. The summed E-state index contributed by atoms with van der Waals surface area (Å²) in [6, 6.07) is -2.46. The molecule has 2 saturated heterocycles. The van der Waals surface area contributed by atoms with Crippen LogP contribution in [0.15, 0.2) is 0 Å². The summed E-state index contributed by atoms with van der Waals surface area (Å²) in [6.07, 6.45) is 2.51. The highest BCUT2D eigenvalue weighted by Gasteiger charge is 2.52. The topological polar surface area (TPSA) is 128 Å². The molecule has 3 aliphatic rings. The molecule has 2 heterocycles. The minimum absolute atomic E-state index is 0.0506. The Kier molecular flexibility index (Phi) is 8.89. The smallest absolute Gasteiger partial charge is 0.321 e. The van der Waals surface area contributed by atoms with Crippen molar-refractivity contribution < 1.29 is 37.1 Å². The summed E-state index contributed by atoms with van der Waals surface area (Å²) in [6.45, 7) is 5.44. The molecule has 214 valence electrons. The first-order valence-electron chi connectivity index (χ1n) is 12.7. The Morgan fingerprint density at radius 2 is 1.82 bits per heavy atom. The van der Waals surface area contributed by atoms with Crippen LogP contribution in [0.4, 0.5) is 13.2 Å². The first-order chi connectivity index (χ1) is 17.5. The summed E-state index contributed by atoms with van der Waals surface area (Å²) in [4.78, 5) is 65.1. The van der Waals surface area contributed by atoms with Crippen molar-refractivity contribution in [3.8, 4) is 0 Å². The molecule has 5 amide bonds. The lowest BCUT2D eigenvalue weighted by atomic mass is 9.85. The molecule has 6 atom stereocenters. The predicted octanol–water partition coefficient (Wildman–Crippen LogP) is 1.33. The second-order valence-corrected chi connectivity index (χ2v) is 11.8. The fraction of sp³-hybridized carbons (Fsp3) is 0.792. The zero-order chi connectivity index (χ0) is 28.6. The van der Waals surface area contributed by atoms with Gasteiger partial charge in [-0.15, -0.1) is 0 Å². The fourth-order valence-corrected chi connectivity index (χ4v) is 5.61. The van der Waals surface area contributed by atoms with E-state index in [0.29, 0.717) is 31.3 Å². The summed E-state index contributed by atoms with van der Waals surface area (Å²) in [5.74, 6) is -9.47. The van der Waals surface area contributed by atoms with Crippen molar-refractivity contribution >= 4 is 41.1 Å². The van der Waals surface area contributed by atoms with Gasteiger partial charge in [0.15, 0.2) is 0 Å².